The molecule has 1 aliphatic rings. The van der Waals surface area contributed by atoms with Crippen LogP contribution in [0.1, 0.15) is 73.3 Å². The molecule has 39 heavy (non-hydrogen) atoms. The van der Waals surface area contributed by atoms with E-state index < -0.39 is 39.0 Å². The van der Waals surface area contributed by atoms with Gasteiger partial charge in [0.05, 0.1) is 21.8 Å². The lowest BCUT2D eigenvalue weighted by molar-refractivity contribution is -0.113. The SMILES string of the molecule is CCC(=O)C#CC1(NS(=O)C(C)(C)C)CCCN(C(=O)OC(C)(C)C)C1Cc1cccc(-c2ccccc2)c1. The highest BCUT2D eigenvalue weighted by Gasteiger charge is 2.48. The summed E-state index contributed by atoms with van der Waals surface area (Å²) in [6.45, 7) is 13.4. The minimum atomic E-state index is -1.49. The first kappa shape index (κ1) is 30.6. The van der Waals surface area contributed by atoms with E-state index in [0.717, 1.165) is 16.7 Å². The molecule has 1 fully saturated rings. The van der Waals surface area contributed by atoms with E-state index in [-0.39, 0.29) is 12.2 Å². The van der Waals surface area contributed by atoms with E-state index in [9.17, 15) is 13.8 Å². The molecular formula is C32H42N2O4S. The van der Waals surface area contributed by atoms with Gasteiger partial charge in [0.25, 0.3) is 0 Å². The fraction of sp³-hybridized carbons (Fsp3) is 0.500. The molecule has 1 heterocycles. The third kappa shape index (κ3) is 8.27. The van der Waals surface area contributed by atoms with Crippen LogP contribution in [0.25, 0.3) is 11.1 Å². The Hall–Kier alpha value is -2.95. The summed E-state index contributed by atoms with van der Waals surface area (Å²) < 4.78 is 22.1. The molecule has 210 valence electrons. The van der Waals surface area contributed by atoms with Crippen LogP contribution in [-0.4, -0.2) is 49.5 Å². The van der Waals surface area contributed by atoms with Crippen molar-refractivity contribution in [3.8, 4) is 23.0 Å². The molecule has 7 heteroatoms. The number of likely N-dealkylation sites (tertiary alicyclic amines) is 1. The second-order valence-corrected chi connectivity index (χ2v) is 14.0. The van der Waals surface area contributed by atoms with Gasteiger partial charge in [-0.15, -0.1) is 0 Å². The summed E-state index contributed by atoms with van der Waals surface area (Å²) in [5.41, 5.74) is 1.42. The van der Waals surface area contributed by atoms with Crippen LogP contribution in [0, 0.1) is 11.8 Å². The fourth-order valence-electron chi connectivity index (χ4n) is 4.55. The maximum atomic E-state index is 13.6. The highest BCUT2D eigenvalue weighted by atomic mass is 32.2. The molecule has 3 rings (SSSR count). The highest BCUT2D eigenvalue weighted by molar-refractivity contribution is 7.84. The maximum Gasteiger partial charge on any atom is 0.410 e. The molecule has 0 spiro atoms. The third-order valence-corrected chi connectivity index (χ3v) is 8.25. The quantitative estimate of drug-likeness (QED) is 0.350. The molecule has 2 aromatic rings. The van der Waals surface area contributed by atoms with Gasteiger partial charge in [0.2, 0.25) is 5.78 Å². The number of hydrogen-bond donors (Lipinski definition) is 1. The second-order valence-electron chi connectivity index (χ2n) is 12.0. The van der Waals surface area contributed by atoms with Crippen LogP contribution in [-0.2, 0) is 26.9 Å². The number of rotatable bonds is 6. The summed E-state index contributed by atoms with van der Waals surface area (Å²) in [5.74, 6) is 5.80. The van der Waals surface area contributed by atoms with Crippen molar-refractivity contribution in [2.75, 3.05) is 6.54 Å². The van der Waals surface area contributed by atoms with Crippen molar-refractivity contribution in [1.29, 1.82) is 0 Å². The van der Waals surface area contributed by atoms with Crippen molar-refractivity contribution < 1.29 is 18.5 Å². The van der Waals surface area contributed by atoms with Gasteiger partial charge in [-0.2, -0.15) is 0 Å². The van der Waals surface area contributed by atoms with Crippen molar-refractivity contribution in [3.63, 3.8) is 0 Å². The van der Waals surface area contributed by atoms with Crippen molar-refractivity contribution in [3.05, 3.63) is 60.2 Å². The van der Waals surface area contributed by atoms with Gasteiger partial charge in [-0.05, 0) is 83.4 Å². The van der Waals surface area contributed by atoms with Gasteiger partial charge in [-0.25, -0.2) is 13.7 Å². The highest BCUT2D eigenvalue weighted by Crippen LogP contribution is 2.34. The zero-order valence-corrected chi connectivity index (χ0v) is 25.1. The van der Waals surface area contributed by atoms with E-state index in [4.69, 9.17) is 4.74 Å². The number of carbonyl (C=O) groups is 2. The van der Waals surface area contributed by atoms with Gasteiger partial charge in [0.1, 0.15) is 11.1 Å². The Morgan fingerprint density at radius 1 is 1.05 bits per heavy atom. The summed E-state index contributed by atoms with van der Waals surface area (Å²) in [7, 11) is -1.49. The molecule has 0 saturated carbocycles. The molecule has 1 N–H and O–H groups in total. The van der Waals surface area contributed by atoms with Gasteiger partial charge in [0, 0.05) is 13.0 Å². The van der Waals surface area contributed by atoms with E-state index in [2.05, 4.69) is 40.8 Å². The predicted octanol–water partition coefficient (Wildman–Crippen LogP) is 6.07. The van der Waals surface area contributed by atoms with Gasteiger partial charge in [-0.1, -0.05) is 67.4 Å². The molecule has 0 bridgehead atoms. The Labute approximate surface area is 236 Å². The van der Waals surface area contributed by atoms with Crippen molar-refractivity contribution in [2.45, 2.75) is 96.1 Å². The molecule has 6 nitrogen and oxygen atoms in total. The van der Waals surface area contributed by atoms with Crippen LogP contribution in [0.15, 0.2) is 54.6 Å². The fourth-order valence-corrected chi connectivity index (χ4v) is 5.48. The topological polar surface area (TPSA) is 75.7 Å². The minimum Gasteiger partial charge on any atom is -0.444 e. The lowest BCUT2D eigenvalue weighted by Gasteiger charge is -2.48. The second kappa shape index (κ2) is 12.5. The molecule has 1 saturated heterocycles. The predicted molar refractivity (Wildman–Crippen MR) is 158 cm³/mol. The van der Waals surface area contributed by atoms with Crippen LogP contribution in [0.5, 0.6) is 0 Å². The van der Waals surface area contributed by atoms with Crippen molar-refractivity contribution in [2.24, 2.45) is 0 Å². The van der Waals surface area contributed by atoms with E-state index in [1.807, 2.05) is 71.9 Å². The lowest BCUT2D eigenvalue weighted by Crippen LogP contribution is -2.66. The number of hydrogen-bond acceptors (Lipinski definition) is 4. The number of nitrogens with zero attached hydrogens (tertiary/aromatic N) is 1. The molecule has 0 radical (unpaired) electrons. The molecule has 1 aliphatic heterocycles. The molecule has 3 unspecified atom stereocenters. The molecule has 1 amide bonds. The first-order chi connectivity index (χ1) is 18.2. The van der Waals surface area contributed by atoms with Crippen LogP contribution in [0.3, 0.4) is 0 Å². The van der Waals surface area contributed by atoms with E-state index >= 15 is 0 Å². The summed E-state index contributed by atoms with van der Waals surface area (Å²) in [4.78, 5) is 27.6. The van der Waals surface area contributed by atoms with Gasteiger partial charge >= 0.3 is 6.09 Å². The number of ether oxygens (including phenoxy) is 1. The molecule has 0 aliphatic carbocycles. The van der Waals surface area contributed by atoms with Crippen LogP contribution in [0.4, 0.5) is 4.79 Å². The summed E-state index contributed by atoms with van der Waals surface area (Å²) in [6, 6.07) is 17.8. The van der Waals surface area contributed by atoms with Crippen molar-refractivity contribution in [1.82, 2.24) is 9.62 Å². The Morgan fingerprint density at radius 3 is 2.33 bits per heavy atom. The van der Waals surface area contributed by atoms with E-state index in [1.165, 1.54) is 0 Å². The number of amides is 1. The van der Waals surface area contributed by atoms with Crippen LogP contribution >= 0.6 is 0 Å². The number of carbonyl (C=O) groups excluding carboxylic acids is 2. The molecule has 3 atom stereocenters. The third-order valence-electron chi connectivity index (χ3n) is 6.58. The summed E-state index contributed by atoms with van der Waals surface area (Å²) in [6.07, 6.45) is 1.46. The number of nitrogens with one attached hydrogen (secondary N) is 1. The minimum absolute atomic E-state index is 0.197. The Kier molecular flexibility index (Phi) is 9.79. The molecular weight excluding hydrogens is 508 g/mol. The average Bonchev–Trinajstić information content (AvgIpc) is 2.87. The normalized spacial score (nSPS) is 20.5. The number of piperidine rings is 1. The van der Waals surface area contributed by atoms with E-state index in [0.29, 0.717) is 25.8 Å². The standard InChI is InChI=1S/C32H42N2O4S/c1-8-27(35)18-20-32(33-39(37)31(5,6)7)19-13-21-34(29(36)38-30(2,3)4)28(32)23-24-14-12-17-26(22-24)25-15-10-9-11-16-25/h9-12,14-17,22,28,33H,8,13,19,21,23H2,1-7H3. The maximum absolute atomic E-state index is 13.6. The van der Waals surface area contributed by atoms with Crippen LogP contribution in [0.2, 0.25) is 0 Å². The first-order valence-corrected chi connectivity index (χ1v) is 14.8. The van der Waals surface area contributed by atoms with Crippen LogP contribution < -0.4 is 4.72 Å². The summed E-state index contributed by atoms with van der Waals surface area (Å²) in [5, 5.41) is 0. The van der Waals surface area contributed by atoms with Gasteiger partial charge < -0.3 is 9.64 Å². The average molecular weight is 551 g/mol. The smallest absolute Gasteiger partial charge is 0.410 e. The van der Waals surface area contributed by atoms with Gasteiger partial charge in [0.15, 0.2) is 0 Å². The van der Waals surface area contributed by atoms with E-state index in [1.54, 1.807) is 11.8 Å². The van der Waals surface area contributed by atoms with Gasteiger partial charge in [-0.3, -0.25) is 4.79 Å². The lowest BCUT2D eigenvalue weighted by atomic mass is 9.79. The first-order valence-electron chi connectivity index (χ1n) is 13.6. The Bertz CT molecular complexity index is 1250. The monoisotopic (exact) mass is 550 g/mol. The number of ketones is 1. The molecule has 0 aromatic heterocycles. The zero-order valence-electron chi connectivity index (χ0n) is 24.3. The zero-order chi connectivity index (χ0) is 28.8. The molecule has 2 aromatic carbocycles. The number of benzene rings is 2. The largest absolute Gasteiger partial charge is 0.444 e. The van der Waals surface area contributed by atoms with Crippen molar-refractivity contribution >= 4 is 22.9 Å². The Morgan fingerprint density at radius 2 is 1.72 bits per heavy atom. The number of Topliss-reactive ketones (excluding diaryl/α,β-unsaturated/α-hetero) is 1. The Balaban J connectivity index is 2.14. The summed E-state index contributed by atoms with van der Waals surface area (Å²) >= 11 is 0.